The van der Waals surface area contributed by atoms with Crippen molar-refractivity contribution in [3.05, 3.63) is 36.3 Å². The van der Waals surface area contributed by atoms with E-state index in [2.05, 4.69) is 42.6 Å². The summed E-state index contributed by atoms with van der Waals surface area (Å²) in [6, 6.07) is 6.77. The molecule has 0 amide bonds. The van der Waals surface area contributed by atoms with Crippen LogP contribution in [0.1, 0.15) is 51.6 Å². The number of aromatic hydroxyl groups is 1. The number of benzene rings is 1. The van der Waals surface area contributed by atoms with E-state index < -0.39 is 11.7 Å². The standard InChI is InChI=1S/C24H26FN9O/c1-23-7-8-24(2,31-23)21(25)18(10-23)34(15-3-4-15)20-12-27-22(30-29-20)17-6-5-16(9-19(17)35)33-13-14(11-26)28-32-33/h5-6,9,12-13,15,18,21,31,35H,3-4,7-8,10H2,1-2H3/t18-,21-,23-,24+/m1/s1. The average molecular weight is 476 g/mol. The smallest absolute Gasteiger partial charge is 0.185 e. The van der Waals surface area contributed by atoms with E-state index in [4.69, 9.17) is 5.26 Å². The topological polar surface area (TPSA) is 129 Å². The van der Waals surface area contributed by atoms with Crippen LogP contribution < -0.4 is 10.2 Å². The van der Waals surface area contributed by atoms with Gasteiger partial charge < -0.3 is 15.3 Å². The fourth-order valence-electron chi connectivity index (χ4n) is 5.72. The van der Waals surface area contributed by atoms with E-state index in [1.54, 1.807) is 18.3 Å². The molecule has 0 unspecified atom stereocenters. The Morgan fingerprint density at radius 2 is 2.06 bits per heavy atom. The second kappa shape index (κ2) is 7.68. The van der Waals surface area contributed by atoms with Crippen molar-refractivity contribution >= 4 is 5.82 Å². The largest absolute Gasteiger partial charge is 0.507 e. The van der Waals surface area contributed by atoms with Crippen LogP contribution in [0, 0.1) is 11.3 Å². The molecule has 11 heteroatoms. The fourth-order valence-corrected chi connectivity index (χ4v) is 5.72. The van der Waals surface area contributed by atoms with Gasteiger partial charge in [-0.05, 0) is 58.1 Å². The van der Waals surface area contributed by atoms with Gasteiger partial charge in [0.2, 0.25) is 0 Å². The summed E-state index contributed by atoms with van der Waals surface area (Å²) in [4.78, 5) is 6.57. The van der Waals surface area contributed by atoms with Crippen LogP contribution in [-0.4, -0.2) is 64.6 Å². The number of hydrogen-bond donors (Lipinski definition) is 2. The van der Waals surface area contributed by atoms with Gasteiger partial charge in [-0.3, -0.25) is 0 Å². The second-order valence-electron chi connectivity index (χ2n) is 10.4. The summed E-state index contributed by atoms with van der Waals surface area (Å²) in [5.41, 5.74) is 0.520. The minimum Gasteiger partial charge on any atom is -0.507 e. The summed E-state index contributed by atoms with van der Waals surface area (Å²) in [7, 11) is 0. The highest BCUT2D eigenvalue weighted by Gasteiger charge is 2.58. The van der Waals surface area contributed by atoms with Crippen molar-refractivity contribution < 1.29 is 9.50 Å². The number of nitrogens with one attached hydrogen (secondary N) is 1. The van der Waals surface area contributed by atoms with Crippen LogP contribution in [0.3, 0.4) is 0 Å². The van der Waals surface area contributed by atoms with Crippen LogP contribution in [0.4, 0.5) is 10.2 Å². The lowest BCUT2D eigenvalue weighted by molar-refractivity contribution is 0.0831. The number of aromatic nitrogens is 6. The van der Waals surface area contributed by atoms with Crippen molar-refractivity contribution in [2.45, 2.75) is 75.3 Å². The third-order valence-electron chi connectivity index (χ3n) is 7.60. The van der Waals surface area contributed by atoms with E-state index in [0.29, 0.717) is 23.5 Å². The summed E-state index contributed by atoms with van der Waals surface area (Å²) in [5.74, 6) is 0.788. The Balaban J connectivity index is 1.28. The Bertz CT molecular complexity index is 1320. The molecule has 2 bridgehead atoms. The predicted octanol–water partition coefficient (Wildman–Crippen LogP) is 2.68. The molecule has 4 atom stereocenters. The first-order valence-corrected chi connectivity index (χ1v) is 11.9. The molecule has 180 valence electrons. The van der Waals surface area contributed by atoms with Crippen LogP contribution in [0.15, 0.2) is 30.6 Å². The Labute approximate surface area is 201 Å². The average Bonchev–Trinajstić information content (AvgIpc) is 3.48. The Hall–Kier alpha value is -3.65. The van der Waals surface area contributed by atoms with E-state index in [1.165, 1.54) is 16.9 Å². The second-order valence-corrected chi connectivity index (χ2v) is 10.4. The van der Waals surface area contributed by atoms with Crippen LogP contribution in [0.25, 0.3) is 17.1 Å². The normalized spacial score (nSPS) is 29.7. The molecule has 2 aliphatic heterocycles. The van der Waals surface area contributed by atoms with Crippen molar-refractivity contribution in [1.82, 2.24) is 35.5 Å². The molecular formula is C24H26FN9O. The molecular weight excluding hydrogens is 449 g/mol. The van der Waals surface area contributed by atoms with E-state index >= 15 is 4.39 Å². The number of phenols is 1. The Morgan fingerprint density at radius 3 is 2.71 bits per heavy atom. The van der Waals surface area contributed by atoms with Crippen LogP contribution in [0.5, 0.6) is 5.75 Å². The maximum atomic E-state index is 15.8. The summed E-state index contributed by atoms with van der Waals surface area (Å²) in [6.07, 6.45) is 6.59. The van der Waals surface area contributed by atoms with Gasteiger partial charge in [0.15, 0.2) is 17.3 Å². The van der Waals surface area contributed by atoms with Crippen molar-refractivity contribution in [2.24, 2.45) is 0 Å². The van der Waals surface area contributed by atoms with Crippen molar-refractivity contribution in [2.75, 3.05) is 4.90 Å². The molecule has 4 heterocycles. The highest BCUT2D eigenvalue weighted by molar-refractivity contribution is 5.66. The molecule has 3 aromatic rings. The van der Waals surface area contributed by atoms with Crippen LogP contribution >= 0.6 is 0 Å². The molecule has 1 saturated carbocycles. The molecule has 2 aromatic heterocycles. The summed E-state index contributed by atoms with van der Waals surface area (Å²) < 4.78 is 17.2. The number of piperidine rings is 1. The van der Waals surface area contributed by atoms with Gasteiger partial charge in [0, 0.05) is 23.2 Å². The number of nitriles is 1. The molecule has 3 fully saturated rings. The Kier molecular flexibility index (Phi) is 4.79. The molecule has 2 saturated heterocycles. The quantitative estimate of drug-likeness (QED) is 0.572. The van der Waals surface area contributed by atoms with Gasteiger partial charge in [0.05, 0.1) is 29.7 Å². The van der Waals surface area contributed by atoms with Gasteiger partial charge >= 0.3 is 0 Å². The van der Waals surface area contributed by atoms with Gasteiger partial charge in [-0.25, -0.2) is 14.1 Å². The molecule has 6 rings (SSSR count). The van der Waals surface area contributed by atoms with Gasteiger partial charge in [0.1, 0.15) is 18.0 Å². The highest BCUT2D eigenvalue weighted by atomic mass is 19.1. The number of halogens is 1. The molecule has 0 radical (unpaired) electrons. The summed E-state index contributed by atoms with van der Waals surface area (Å²) in [6.45, 7) is 4.17. The number of fused-ring (bicyclic) bond motifs is 2. The first-order valence-electron chi connectivity index (χ1n) is 11.9. The molecule has 10 nitrogen and oxygen atoms in total. The monoisotopic (exact) mass is 475 g/mol. The number of alkyl halides is 1. The number of nitrogens with zero attached hydrogens (tertiary/aromatic N) is 8. The minimum atomic E-state index is -1.02. The Morgan fingerprint density at radius 1 is 1.23 bits per heavy atom. The zero-order chi connectivity index (χ0) is 24.4. The first kappa shape index (κ1) is 21.9. The summed E-state index contributed by atoms with van der Waals surface area (Å²) >= 11 is 0. The van der Waals surface area contributed by atoms with Crippen molar-refractivity contribution in [3.8, 4) is 28.9 Å². The lowest BCUT2D eigenvalue weighted by Gasteiger charge is -2.48. The zero-order valence-corrected chi connectivity index (χ0v) is 19.6. The molecule has 35 heavy (non-hydrogen) atoms. The summed E-state index contributed by atoms with van der Waals surface area (Å²) in [5, 5.41) is 39.4. The molecule has 1 aromatic carbocycles. The number of rotatable bonds is 5. The molecule has 1 aliphatic carbocycles. The molecule has 0 spiro atoms. The lowest BCUT2D eigenvalue weighted by atomic mass is 9.82. The molecule has 2 N–H and O–H groups in total. The van der Waals surface area contributed by atoms with Gasteiger partial charge in [-0.1, -0.05) is 5.21 Å². The lowest BCUT2D eigenvalue weighted by Crippen LogP contribution is -2.66. The van der Waals surface area contributed by atoms with Gasteiger partial charge in [-0.2, -0.15) is 5.26 Å². The van der Waals surface area contributed by atoms with Crippen molar-refractivity contribution in [1.29, 1.82) is 5.26 Å². The third kappa shape index (κ3) is 3.69. The fraction of sp³-hybridized carbons (Fsp3) is 0.500. The van der Waals surface area contributed by atoms with Crippen molar-refractivity contribution in [3.63, 3.8) is 0 Å². The first-order chi connectivity index (χ1) is 16.8. The number of hydrogen-bond acceptors (Lipinski definition) is 9. The van der Waals surface area contributed by atoms with E-state index in [9.17, 15) is 5.11 Å². The van der Waals surface area contributed by atoms with Gasteiger partial charge in [0.25, 0.3) is 0 Å². The highest BCUT2D eigenvalue weighted by Crippen LogP contribution is 2.47. The minimum absolute atomic E-state index is 0.0512. The molecule has 3 aliphatic rings. The number of anilines is 1. The van der Waals surface area contributed by atoms with E-state index in [-0.39, 0.29) is 34.9 Å². The SMILES string of the molecule is C[C@]12CC[C@](C)(N1)[C@H](F)[C@H](N(c1cnc(-c3ccc(-n4cc(C#N)nn4)cc3O)nn1)C1CC1)C2. The maximum absolute atomic E-state index is 15.8. The van der Waals surface area contributed by atoms with E-state index in [0.717, 1.165) is 25.7 Å². The number of phenolic OH excluding ortho intramolecular Hbond substituents is 1. The van der Waals surface area contributed by atoms with Crippen LogP contribution in [-0.2, 0) is 0 Å². The van der Waals surface area contributed by atoms with Crippen LogP contribution in [0.2, 0.25) is 0 Å². The predicted molar refractivity (Wildman–Crippen MR) is 125 cm³/mol. The zero-order valence-electron chi connectivity index (χ0n) is 19.6. The van der Waals surface area contributed by atoms with E-state index in [1.807, 2.05) is 13.0 Å². The maximum Gasteiger partial charge on any atom is 0.185 e. The van der Waals surface area contributed by atoms with Gasteiger partial charge in [-0.15, -0.1) is 15.3 Å². The third-order valence-corrected chi connectivity index (χ3v) is 7.60.